The maximum atomic E-state index is 10.9. The highest BCUT2D eigenvalue weighted by Crippen LogP contribution is 2.08. The molecule has 0 radical (unpaired) electrons. The fraction of sp³-hybridized carbons (Fsp3) is 0.444. The zero-order valence-electron chi connectivity index (χ0n) is 7.53. The highest BCUT2D eigenvalue weighted by molar-refractivity contribution is 5.91. The minimum absolute atomic E-state index is 0.0145. The van der Waals surface area contributed by atoms with Crippen LogP contribution in [0.15, 0.2) is 12.3 Å². The van der Waals surface area contributed by atoms with Gasteiger partial charge in [-0.25, -0.2) is 9.97 Å². The van der Waals surface area contributed by atoms with Gasteiger partial charge < -0.3 is 0 Å². The van der Waals surface area contributed by atoms with Gasteiger partial charge in [-0.3, -0.25) is 4.79 Å². The molecule has 0 amide bonds. The van der Waals surface area contributed by atoms with Gasteiger partial charge in [0.05, 0.1) is 0 Å². The SMILES string of the molecule is CC(=O)c1ccnc(C(C)C)n1. The third-order valence-electron chi connectivity index (χ3n) is 1.55. The van der Waals surface area contributed by atoms with Crippen molar-refractivity contribution in [3.63, 3.8) is 0 Å². The number of Topliss-reactive ketones (excluding diaryl/α,β-unsaturated/α-hetero) is 1. The van der Waals surface area contributed by atoms with Crippen LogP contribution in [0.3, 0.4) is 0 Å². The smallest absolute Gasteiger partial charge is 0.178 e. The summed E-state index contributed by atoms with van der Waals surface area (Å²) in [5.41, 5.74) is 0.494. The highest BCUT2D eigenvalue weighted by atomic mass is 16.1. The van der Waals surface area contributed by atoms with E-state index < -0.39 is 0 Å². The van der Waals surface area contributed by atoms with Gasteiger partial charge in [-0.15, -0.1) is 0 Å². The molecule has 0 bridgehead atoms. The van der Waals surface area contributed by atoms with Crippen LogP contribution in [0.4, 0.5) is 0 Å². The lowest BCUT2D eigenvalue weighted by Gasteiger charge is -2.02. The molecule has 0 aliphatic rings. The van der Waals surface area contributed by atoms with E-state index in [1.165, 1.54) is 6.92 Å². The summed E-state index contributed by atoms with van der Waals surface area (Å²) in [4.78, 5) is 19.1. The molecule has 0 unspecified atom stereocenters. The van der Waals surface area contributed by atoms with E-state index in [1.54, 1.807) is 12.3 Å². The lowest BCUT2D eigenvalue weighted by atomic mass is 10.2. The van der Waals surface area contributed by atoms with E-state index in [2.05, 4.69) is 9.97 Å². The molecule has 0 N–H and O–H groups in total. The van der Waals surface area contributed by atoms with Gasteiger partial charge in [0.25, 0.3) is 0 Å². The molecule has 1 aromatic rings. The molecule has 0 atom stereocenters. The molecule has 0 saturated carbocycles. The van der Waals surface area contributed by atoms with Gasteiger partial charge in [0, 0.05) is 19.0 Å². The van der Waals surface area contributed by atoms with Crippen LogP contribution in [-0.2, 0) is 0 Å². The summed E-state index contributed by atoms with van der Waals surface area (Å²) < 4.78 is 0. The molecule has 0 saturated heterocycles. The van der Waals surface area contributed by atoms with E-state index in [-0.39, 0.29) is 11.7 Å². The summed E-state index contributed by atoms with van der Waals surface area (Å²) in [6.45, 7) is 5.50. The van der Waals surface area contributed by atoms with Crippen LogP contribution in [0.1, 0.15) is 43.0 Å². The van der Waals surface area contributed by atoms with Crippen LogP contribution in [0.5, 0.6) is 0 Å². The van der Waals surface area contributed by atoms with Gasteiger partial charge in [-0.2, -0.15) is 0 Å². The second kappa shape index (κ2) is 3.43. The van der Waals surface area contributed by atoms with E-state index in [0.29, 0.717) is 5.69 Å². The number of carbonyl (C=O) groups is 1. The molecule has 0 aliphatic carbocycles. The maximum absolute atomic E-state index is 10.9. The van der Waals surface area contributed by atoms with Crippen molar-refractivity contribution in [1.29, 1.82) is 0 Å². The quantitative estimate of drug-likeness (QED) is 0.626. The number of rotatable bonds is 2. The first-order valence-electron chi connectivity index (χ1n) is 3.95. The summed E-state index contributed by atoms with van der Waals surface area (Å²) in [6, 6.07) is 1.63. The van der Waals surface area contributed by atoms with Crippen molar-refractivity contribution in [2.75, 3.05) is 0 Å². The van der Waals surface area contributed by atoms with Gasteiger partial charge in [-0.1, -0.05) is 13.8 Å². The number of hydrogen-bond donors (Lipinski definition) is 0. The number of nitrogens with zero attached hydrogens (tertiary/aromatic N) is 2. The topological polar surface area (TPSA) is 42.9 Å². The van der Waals surface area contributed by atoms with Gasteiger partial charge >= 0.3 is 0 Å². The molecule has 12 heavy (non-hydrogen) atoms. The number of ketones is 1. The fourth-order valence-electron chi connectivity index (χ4n) is 0.848. The van der Waals surface area contributed by atoms with Gasteiger partial charge in [0.15, 0.2) is 5.78 Å². The van der Waals surface area contributed by atoms with Gasteiger partial charge in [-0.05, 0) is 6.07 Å². The second-order valence-electron chi connectivity index (χ2n) is 3.01. The molecule has 0 aromatic carbocycles. The highest BCUT2D eigenvalue weighted by Gasteiger charge is 2.05. The second-order valence-corrected chi connectivity index (χ2v) is 3.01. The predicted octanol–water partition coefficient (Wildman–Crippen LogP) is 1.80. The fourth-order valence-corrected chi connectivity index (χ4v) is 0.848. The Kier molecular flexibility index (Phi) is 2.53. The molecule has 64 valence electrons. The minimum Gasteiger partial charge on any atom is -0.293 e. The number of carbonyl (C=O) groups excluding carboxylic acids is 1. The number of hydrogen-bond acceptors (Lipinski definition) is 3. The molecule has 0 spiro atoms. The predicted molar refractivity (Wildman–Crippen MR) is 46.1 cm³/mol. The van der Waals surface area contributed by atoms with Crippen LogP contribution < -0.4 is 0 Å². The monoisotopic (exact) mass is 164 g/mol. The van der Waals surface area contributed by atoms with Crippen molar-refractivity contribution in [2.45, 2.75) is 26.7 Å². The summed E-state index contributed by atoms with van der Waals surface area (Å²) in [5, 5.41) is 0. The van der Waals surface area contributed by atoms with Crippen molar-refractivity contribution in [3.05, 3.63) is 23.8 Å². The minimum atomic E-state index is -0.0145. The Morgan fingerprint density at radius 2 is 2.17 bits per heavy atom. The first kappa shape index (κ1) is 8.84. The van der Waals surface area contributed by atoms with Crippen molar-refractivity contribution in [2.24, 2.45) is 0 Å². The van der Waals surface area contributed by atoms with Crippen molar-refractivity contribution in [1.82, 2.24) is 9.97 Å². The average molecular weight is 164 g/mol. The van der Waals surface area contributed by atoms with Crippen LogP contribution in [0, 0.1) is 0 Å². The summed E-state index contributed by atoms with van der Waals surface area (Å²) >= 11 is 0. The molecule has 3 nitrogen and oxygen atoms in total. The zero-order chi connectivity index (χ0) is 9.14. The van der Waals surface area contributed by atoms with Crippen LogP contribution >= 0.6 is 0 Å². The molecular formula is C9H12N2O. The van der Waals surface area contributed by atoms with E-state index in [0.717, 1.165) is 5.82 Å². The lowest BCUT2D eigenvalue weighted by Crippen LogP contribution is -2.03. The molecule has 0 aliphatic heterocycles. The standard InChI is InChI=1S/C9H12N2O/c1-6(2)9-10-5-4-8(11-9)7(3)12/h4-6H,1-3H3. The lowest BCUT2D eigenvalue weighted by molar-refractivity contribution is 0.101. The van der Waals surface area contributed by atoms with Crippen LogP contribution in [0.25, 0.3) is 0 Å². The molecule has 3 heteroatoms. The van der Waals surface area contributed by atoms with Crippen LogP contribution in [-0.4, -0.2) is 15.8 Å². The average Bonchev–Trinajstić information content (AvgIpc) is 2.04. The Bertz CT molecular complexity index is 294. The summed E-state index contributed by atoms with van der Waals surface area (Å²) in [6.07, 6.45) is 1.62. The molecule has 0 fully saturated rings. The van der Waals surface area contributed by atoms with Crippen molar-refractivity contribution >= 4 is 5.78 Å². The molecule has 1 aromatic heterocycles. The van der Waals surface area contributed by atoms with Gasteiger partial charge in [0.2, 0.25) is 0 Å². The van der Waals surface area contributed by atoms with E-state index in [1.807, 2.05) is 13.8 Å². The zero-order valence-corrected chi connectivity index (χ0v) is 7.53. The van der Waals surface area contributed by atoms with Crippen LogP contribution in [0.2, 0.25) is 0 Å². The third kappa shape index (κ3) is 1.87. The normalized spacial score (nSPS) is 10.3. The van der Waals surface area contributed by atoms with E-state index in [9.17, 15) is 4.79 Å². The van der Waals surface area contributed by atoms with E-state index in [4.69, 9.17) is 0 Å². The maximum Gasteiger partial charge on any atom is 0.178 e. The van der Waals surface area contributed by atoms with Gasteiger partial charge in [0.1, 0.15) is 11.5 Å². The summed E-state index contributed by atoms with van der Waals surface area (Å²) in [5.74, 6) is 0.978. The first-order chi connectivity index (χ1) is 5.61. The first-order valence-corrected chi connectivity index (χ1v) is 3.95. The Morgan fingerprint density at radius 1 is 1.50 bits per heavy atom. The Balaban J connectivity index is 3.04. The van der Waals surface area contributed by atoms with E-state index >= 15 is 0 Å². The Labute approximate surface area is 71.9 Å². The molecule has 1 heterocycles. The Hall–Kier alpha value is -1.25. The Morgan fingerprint density at radius 3 is 2.67 bits per heavy atom. The van der Waals surface area contributed by atoms with Crippen molar-refractivity contribution in [3.8, 4) is 0 Å². The molecule has 1 rings (SSSR count). The van der Waals surface area contributed by atoms with Crippen molar-refractivity contribution < 1.29 is 4.79 Å². The molecular weight excluding hydrogens is 152 g/mol. The summed E-state index contributed by atoms with van der Waals surface area (Å²) in [7, 11) is 0. The largest absolute Gasteiger partial charge is 0.293 e. The number of aromatic nitrogens is 2. The third-order valence-corrected chi connectivity index (χ3v) is 1.55.